The lowest BCUT2D eigenvalue weighted by atomic mass is 9.92. The Kier molecular flexibility index (Phi) is 5.59. The molecule has 1 aromatic rings. The van der Waals surface area contributed by atoms with Gasteiger partial charge >= 0.3 is 0 Å². The fourth-order valence-corrected chi connectivity index (χ4v) is 2.83. The molecule has 0 aromatic carbocycles. The molecule has 1 aliphatic rings. The molecule has 1 unspecified atom stereocenters. The minimum absolute atomic E-state index is 0.308. The molecule has 2 rings (SSSR count). The van der Waals surface area contributed by atoms with Crippen molar-refractivity contribution in [3.63, 3.8) is 0 Å². The van der Waals surface area contributed by atoms with Gasteiger partial charge in [-0.2, -0.15) is 0 Å². The number of hydrogen-bond acceptors (Lipinski definition) is 2. The molecule has 0 radical (unpaired) electrons. The second-order valence-electron chi connectivity index (χ2n) is 5.48. The highest BCUT2D eigenvalue weighted by Gasteiger charge is 2.17. The minimum Gasteiger partial charge on any atom is -0.306 e. The topological polar surface area (TPSA) is 24.9 Å². The van der Waals surface area contributed by atoms with Crippen LogP contribution in [0.5, 0.6) is 0 Å². The fourth-order valence-electron chi connectivity index (χ4n) is 2.83. The predicted octanol–water partition coefficient (Wildman–Crippen LogP) is 4.32. The van der Waals surface area contributed by atoms with E-state index < -0.39 is 0 Å². The molecule has 0 spiro atoms. The Balaban J connectivity index is 2.22. The Bertz CT molecular complexity index is 423. The van der Waals surface area contributed by atoms with E-state index in [1.165, 1.54) is 49.8 Å². The van der Waals surface area contributed by atoms with Crippen LogP contribution in [-0.2, 0) is 0 Å². The summed E-state index contributed by atoms with van der Waals surface area (Å²) in [5, 5.41) is 3.61. The van der Waals surface area contributed by atoms with Crippen molar-refractivity contribution < 1.29 is 0 Å². The maximum absolute atomic E-state index is 4.58. The lowest BCUT2D eigenvalue weighted by Gasteiger charge is -2.23. The SMILES string of the molecule is CCNC(/C1=C/CCCCCC1)c1cc(C)ccn1. The molecule has 2 nitrogen and oxygen atoms in total. The summed E-state index contributed by atoms with van der Waals surface area (Å²) in [4.78, 5) is 4.58. The molecule has 0 amide bonds. The maximum Gasteiger partial charge on any atom is 0.0710 e. The van der Waals surface area contributed by atoms with Crippen LogP contribution in [-0.4, -0.2) is 11.5 Å². The van der Waals surface area contributed by atoms with Crippen molar-refractivity contribution in [1.82, 2.24) is 10.3 Å². The zero-order valence-corrected chi connectivity index (χ0v) is 12.3. The van der Waals surface area contributed by atoms with E-state index in [1.807, 2.05) is 6.20 Å². The van der Waals surface area contributed by atoms with Crippen molar-refractivity contribution >= 4 is 0 Å². The first-order valence-electron chi connectivity index (χ1n) is 7.66. The van der Waals surface area contributed by atoms with Crippen LogP contribution in [0.2, 0.25) is 0 Å². The first-order valence-corrected chi connectivity index (χ1v) is 7.66. The number of rotatable bonds is 4. The first-order chi connectivity index (χ1) is 9.31. The summed E-state index contributed by atoms with van der Waals surface area (Å²) in [6.45, 7) is 5.30. The van der Waals surface area contributed by atoms with E-state index in [0.717, 1.165) is 6.54 Å². The lowest BCUT2D eigenvalue weighted by molar-refractivity contribution is 0.546. The van der Waals surface area contributed by atoms with Gasteiger partial charge in [0.05, 0.1) is 11.7 Å². The lowest BCUT2D eigenvalue weighted by Crippen LogP contribution is -2.24. The molecule has 0 saturated carbocycles. The summed E-state index contributed by atoms with van der Waals surface area (Å²) in [5.41, 5.74) is 4.01. The Morgan fingerprint density at radius 2 is 2.11 bits per heavy atom. The summed E-state index contributed by atoms with van der Waals surface area (Å²) in [5.74, 6) is 0. The zero-order valence-electron chi connectivity index (χ0n) is 12.3. The van der Waals surface area contributed by atoms with Crippen molar-refractivity contribution in [2.24, 2.45) is 0 Å². The summed E-state index contributed by atoms with van der Waals surface area (Å²) >= 11 is 0. The van der Waals surface area contributed by atoms with Gasteiger partial charge in [0.25, 0.3) is 0 Å². The number of aromatic nitrogens is 1. The van der Waals surface area contributed by atoms with Crippen molar-refractivity contribution in [3.8, 4) is 0 Å². The molecule has 0 saturated heterocycles. The molecule has 1 N–H and O–H groups in total. The summed E-state index contributed by atoms with van der Waals surface area (Å²) in [6.07, 6.45) is 12.2. The average Bonchev–Trinajstić information content (AvgIpc) is 2.36. The van der Waals surface area contributed by atoms with Crippen molar-refractivity contribution in [2.75, 3.05) is 6.54 Å². The van der Waals surface area contributed by atoms with Crippen LogP contribution in [0.3, 0.4) is 0 Å². The number of aryl methyl sites for hydroxylation is 1. The second kappa shape index (κ2) is 7.44. The van der Waals surface area contributed by atoms with Crippen molar-refractivity contribution in [1.29, 1.82) is 0 Å². The monoisotopic (exact) mass is 258 g/mol. The molecule has 19 heavy (non-hydrogen) atoms. The molecule has 0 aliphatic heterocycles. The summed E-state index contributed by atoms with van der Waals surface area (Å²) < 4.78 is 0. The average molecular weight is 258 g/mol. The molecule has 1 heterocycles. The Hall–Kier alpha value is -1.15. The Morgan fingerprint density at radius 3 is 2.89 bits per heavy atom. The van der Waals surface area contributed by atoms with Gasteiger partial charge in [0.15, 0.2) is 0 Å². The number of pyridine rings is 1. The van der Waals surface area contributed by atoms with Crippen LogP contribution in [0.15, 0.2) is 30.0 Å². The molecular weight excluding hydrogens is 232 g/mol. The molecular formula is C17H26N2. The van der Waals surface area contributed by atoms with E-state index in [4.69, 9.17) is 0 Å². The highest BCUT2D eigenvalue weighted by molar-refractivity contribution is 5.26. The summed E-state index contributed by atoms with van der Waals surface area (Å²) in [7, 11) is 0. The standard InChI is InChI=1S/C17H26N2/c1-3-18-17(16-13-14(2)11-12-19-16)15-9-7-5-4-6-8-10-15/h9,11-13,17-18H,3-8,10H2,1-2H3/b15-9+. The molecule has 0 bridgehead atoms. The molecule has 1 atom stereocenters. The van der Waals surface area contributed by atoms with Gasteiger partial charge in [0.1, 0.15) is 0 Å². The van der Waals surface area contributed by atoms with E-state index in [2.05, 4.69) is 42.4 Å². The van der Waals surface area contributed by atoms with Crippen LogP contribution < -0.4 is 5.32 Å². The van der Waals surface area contributed by atoms with Gasteiger partial charge < -0.3 is 5.32 Å². The fraction of sp³-hybridized carbons (Fsp3) is 0.588. The van der Waals surface area contributed by atoms with Crippen LogP contribution in [0.1, 0.15) is 62.7 Å². The first kappa shape index (κ1) is 14.3. The quantitative estimate of drug-likeness (QED) is 0.813. The highest BCUT2D eigenvalue weighted by atomic mass is 14.9. The smallest absolute Gasteiger partial charge is 0.0710 e. The normalized spacial score (nSPS) is 21.1. The van der Waals surface area contributed by atoms with E-state index in [9.17, 15) is 0 Å². The molecule has 1 aromatic heterocycles. The molecule has 0 fully saturated rings. The molecule has 2 heteroatoms. The third-order valence-electron chi connectivity index (χ3n) is 3.84. The predicted molar refractivity (Wildman–Crippen MR) is 81.2 cm³/mol. The third-order valence-corrected chi connectivity index (χ3v) is 3.84. The van der Waals surface area contributed by atoms with Gasteiger partial charge in [-0.15, -0.1) is 0 Å². The Morgan fingerprint density at radius 1 is 1.26 bits per heavy atom. The van der Waals surface area contributed by atoms with Crippen molar-refractivity contribution in [3.05, 3.63) is 41.2 Å². The van der Waals surface area contributed by atoms with Gasteiger partial charge in [-0.1, -0.05) is 31.4 Å². The largest absolute Gasteiger partial charge is 0.306 e. The van der Waals surface area contributed by atoms with Crippen molar-refractivity contribution in [2.45, 2.75) is 58.4 Å². The Labute approximate surface area is 117 Å². The number of allylic oxidation sites excluding steroid dienone is 1. The number of nitrogens with one attached hydrogen (secondary N) is 1. The minimum atomic E-state index is 0.308. The molecule has 1 aliphatic carbocycles. The van der Waals surface area contributed by atoms with Gasteiger partial charge in [-0.05, 0) is 56.8 Å². The number of hydrogen-bond donors (Lipinski definition) is 1. The number of likely N-dealkylation sites (N-methyl/N-ethyl adjacent to an activating group) is 1. The van der Waals surface area contributed by atoms with Crippen LogP contribution in [0.4, 0.5) is 0 Å². The van der Waals surface area contributed by atoms with E-state index >= 15 is 0 Å². The van der Waals surface area contributed by atoms with E-state index in [-0.39, 0.29) is 0 Å². The molecule has 104 valence electrons. The van der Waals surface area contributed by atoms with Gasteiger partial charge in [-0.25, -0.2) is 0 Å². The van der Waals surface area contributed by atoms with E-state index in [1.54, 1.807) is 5.57 Å². The van der Waals surface area contributed by atoms with Gasteiger partial charge in [0, 0.05) is 6.20 Å². The highest BCUT2D eigenvalue weighted by Crippen LogP contribution is 2.28. The van der Waals surface area contributed by atoms with E-state index in [0.29, 0.717) is 6.04 Å². The van der Waals surface area contributed by atoms with Crippen LogP contribution >= 0.6 is 0 Å². The third kappa shape index (κ3) is 4.17. The van der Waals surface area contributed by atoms with Gasteiger partial charge in [-0.3, -0.25) is 4.98 Å². The maximum atomic E-state index is 4.58. The van der Waals surface area contributed by atoms with Crippen LogP contribution in [0, 0.1) is 6.92 Å². The number of nitrogens with zero attached hydrogens (tertiary/aromatic N) is 1. The zero-order chi connectivity index (χ0) is 13.5. The second-order valence-corrected chi connectivity index (χ2v) is 5.48. The van der Waals surface area contributed by atoms with Gasteiger partial charge in [0.2, 0.25) is 0 Å². The summed E-state index contributed by atoms with van der Waals surface area (Å²) in [6, 6.07) is 4.59. The van der Waals surface area contributed by atoms with Crippen LogP contribution in [0.25, 0.3) is 0 Å².